The average Bonchev–Trinajstić information content (AvgIpc) is 3.18. The molecule has 1 aliphatic heterocycles. The van der Waals surface area contributed by atoms with Crippen molar-refractivity contribution in [2.75, 3.05) is 25.5 Å². The number of fused-ring (bicyclic) bond motifs is 1. The van der Waals surface area contributed by atoms with Gasteiger partial charge in [0, 0.05) is 29.9 Å². The molecule has 1 fully saturated rings. The van der Waals surface area contributed by atoms with Gasteiger partial charge >= 0.3 is 0 Å². The Morgan fingerprint density at radius 3 is 2.77 bits per heavy atom. The van der Waals surface area contributed by atoms with E-state index in [2.05, 4.69) is 16.7 Å². The largest absolute Gasteiger partial charge is 0.497 e. The molecule has 1 aromatic heterocycles. The monoisotopic (exact) mass is 349 g/mol. The molecule has 0 spiro atoms. The Hall–Kier alpha value is -2.79. The van der Waals surface area contributed by atoms with E-state index in [0.29, 0.717) is 12.6 Å². The number of ether oxygens (including phenoxy) is 1. The van der Waals surface area contributed by atoms with Gasteiger partial charge in [0.25, 0.3) is 5.56 Å². The molecule has 5 nitrogen and oxygen atoms in total. The molecule has 1 saturated heterocycles. The Labute approximate surface area is 152 Å². The van der Waals surface area contributed by atoms with Crippen LogP contribution in [0.15, 0.2) is 59.5 Å². The molecule has 26 heavy (non-hydrogen) atoms. The lowest BCUT2D eigenvalue weighted by Gasteiger charge is -2.14. The van der Waals surface area contributed by atoms with Crippen molar-refractivity contribution in [3.05, 3.63) is 70.6 Å². The number of benzene rings is 2. The molecule has 0 saturated carbocycles. The molecule has 1 aliphatic rings. The summed E-state index contributed by atoms with van der Waals surface area (Å²) in [5.74, 6) is 0.817. The maximum atomic E-state index is 12.8. The number of anilines is 1. The van der Waals surface area contributed by atoms with Crippen LogP contribution in [-0.4, -0.2) is 30.8 Å². The SMILES string of the molecule is COc1ccc(Cn2ccc3cc(N[C@H]4CCNC4)ccc3c2=O)cc1. The van der Waals surface area contributed by atoms with Crippen LogP contribution in [0.5, 0.6) is 5.75 Å². The molecule has 134 valence electrons. The summed E-state index contributed by atoms with van der Waals surface area (Å²) in [7, 11) is 1.65. The van der Waals surface area contributed by atoms with Gasteiger partial charge in [0.15, 0.2) is 0 Å². The minimum absolute atomic E-state index is 0.0346. The Balaban J connectivity index is 1.58. The molecule has 2 aromatic carbocycles. The van der Waals surface area contributed by atoms with Gasteiger partial charge in [-0.1, -0.05) is 12.1 Å². The summed E-state index contributed by atoms with van der Waals surface area (Å²) in [6.45, 7) is 2.59. The minimum atomic E-state index is 0.0346. The fraction of sp³-hybridized carbons (Fsp3) is 0.286. The van der Waals surface area contributed by atoms with Crippen molar-refractivity contribution in [3.8, 4) is 5.75 Å². The van der Waals surface area contributed by atoms with Gasteiger partial charge in [0.2, 0.25) is 0 Å². The molecular weight excluding hydrogens is 326 g/mol. The summed E-state index contributed by atoms with van der Waals surface area (Å²) in [5, 5.41) is 8.60. The second-order valence-corrected chi connectivity index (χ2v) is 6.73. The third kappa shape index (κ3) is 3.44. The highest BCUT2D eigenvalue weighted by Gasteiger charge is 2.14. The van der Waals surface area contributed by atoms with Crippen LogP contribution in [0.25, 0.3) is 10.8 Å². The first-order chi connectivity index (χ1) is 12.7. The Morgan fingerprint density at radius 2 is 2.04 bits per heavy atom. The van der Waals surface area contributed by atoms with Crippen LogP contribution < -0.4 is 20.9 Å². The first-order valence-electron chi connectivity index (χ1n) is 8.96. The summed E-state index contributed by atoms with van der Waals surface area (Å²) >= 11 is 0. The van der Waals surface area contributed by atoms with Crippen molar-refractivity contribution < 1.29 is 4.74 Å². The van der Waals surface area contributed by atoms with Crippen LogP contribution in [0.4, 0.5) is 5.69 Å². The van der Waals surface area contributed by atoms with E-state index in [0.717, 1.165) is 47.3 Å². The number of methoxy groups -OCH3 is 1. The van der Waals surface area contributed by atoms with E-state index in [1.165, 1.54) is 0 Å². The van der Waals surface area contributed by atoms with Gasteiger partial charge in [-0.3, -0.25) is 4.79 Å². The quantitative estimate of drug-likeness (QED) is 0.744. The number of nitrogens with zero attached hydrogens (tertiary/aromatic N) is 1. The standard InChI is InChI=1S/C21H23N3O2/c1-26-19-5-2-15(3-6-19)14-24-11-9-16-12-17(4-7-20(16)21(24)25)23-18-8-10-22-13-18/h2-7,9,11-12,18,22-23H,8,10,13-14H2,1H3/t18-/m0/s1. The molecule has 0 amide bonds. The van der Waals surface area contributed by atoms with Gasteiger partial charge in [-0.05, 0) is 60.3 Å². The van der Waals surface area contributed by atoms with Crippen LogP contribution in [0, 0.1) is 0 Å². The molecule has 2 N–H and O–H groups in total. The second kappa shape index (κ2) is 7.22. The lowest BCUT2D eigenvalue weighted by Crippen LogP contribution is -2.22. The van der Waals surface area contributed by atoms with E-state index in [1.807, 2.05) is 48.7 Å². The molecule has 0 radical (unpaired) electrons. The number of pyridine rings is 1. The molecule has 0 aliphatic carbocycles. The number of aromatic nitrogens is 1. The van der Waals surface area contributed by atoms with Gasteiger partial charge < -0.3 is 19.9 Å². The lowest BCUT2D eigenvalue weighted by atomic mass is 10.1. The molecule has 1 atom stereocenters. The van der Waals surface area contributed by atoms with Crippen molar-refractivity contribution in [3.63, 3.8) is 0 Å². The third-order valence-electron chi connectivity index (χ3n) is 4.92. The van der Waals surface area contributed by atoms with Crippen molar-refractivity contribution in [1.82, 2.24) is 9.88 Å². The van der Waals surface area contributed by atoms with Crippen LogP contribution in [0.3, 0.4) is 0 Å². The van der Waals surface area contributed by atoms with Crippen molar-refractivity contribution in [1.29, 1.82) is 0 Å². The van der Waals surface area contributed by atoms with E-state index in [9.17, 15) is 4.79 Å². The molecule has 3 aromatic rings. The zero-order valence-electron chi connectivity index (χ0n) is 14.9. The van der Waals surface area contributed by atoms with Gasteiger partial charge in [0.1, 0.15) is 5.75 Å². The van der Waals surface area contributed by atoms with E-state index in [-0.39, 0.29) is 5.56 Å². The van der Waals surface area contributed by atoms with Crippen LogP contribution in [0.2, 0.25) is 0 Å². The maximum Gasteiger partial charge on any atom is 0.258 e. The van der Waals surface area contributed by atoms with Crippen LogP contribution >= 0.6 is 0 Å². The van der Waals surface area contributed by atoms with Gasteiger partial charge in [-0.15, -0.1) is 0 Å². The first kappa shape index (κ1) is 16.7. The zero-order valence-corrected chi connectivity index (χ0v) is 14.9. The fourth-order valence-electron chi connectivity index (χ4n) is 3.44. The molecular formula is C21H23N3O2. The van der Waals surface area contributed by atoms with Crippen LogP contribution in [-0.2, 0) is 6.54 Å². The molecule has 4 rings (SSSR count). The number of hydrogen-bond donors (Lipinski definition) is 2. The zero-order chi connectivity index (χ0) is 17.9. The highest BCUT2D eigenvalue weighted by Crippen LogP contribution is 2.19. The summed E-state index contributed by atoms with van der Waals surface area (Å²) in [5.41, 5.74) is 2.17. The smallest absolute Gasteiger partial charge is 0.258 e. The van der Waals surface area contributed by atoms with E-state index in [1.54, 1.807) is 11.7 Å². The molecule has 0 unspecified atom stereocenters. The maximum absolute atomic E-state index is 12.8. The topological polar surface area (TPSA) is 55.3 Å². The van der Waals surface area contributed by atoms with Gasteiger partial charge in [0.05, 0.1) is 13.7 Å². The summed E-state index contributed by atoms with van der Waals surface area (Å²) in [6.07, 6.45) is 3.00. The van der Waals surface area contributed by atoms with E-state index in [4.69, 9.17) is 4.74 Å². The Bertz CT molecular complexity index is 957. The highest BCUT2D eigenvalue weighted by atomic mass is 16.5. The number of nitrogens with one attached hydrogen (secondary N) is 2. The molecule has 5 heteroatoms. The minimum Gasteiger partial charge on any atom is -0.497 e. The fourth-order valence-corrected chi connectivity index (χ4v) is 3.44. The molecule has 2 heterocycles. The summed E-state index contributed by atoms with van der Waals surface area (Å²) < 4.78 is 6.93. The normalized spacial score (nSPS) is 16.7. The summed E-state index contributed by atoms with van der Waals surface area (Å²) in [4.78, 5) is 12.8. The van der Waals surface area contributed by atoms with E-state index < -0.39 is 0 Å². The van der Waals surface area contributed by atoms with Crippen molar-refractivity contribution in [2.24, 2.45) is 0 Å². The van der Waals surface area contributed by atoms with Gasteiger partial charge in [-0.25, -0.2) is 0 Å². The number of hydrogen-bond acceptors (Lipinski definition) is 4. The predicted octanol–water partition coefficient (Wildman–Crippen LogP) is 2.83. The van der Waals surface area contributed by atoms with Crippen LogP contribution in [0.1, 0.15) is 12.0 Å². The lowest BCUT2D eigenvalue weighted by molar-refractivity contribution is 0.414. The summed E-state index contributed by atoms with van der Waals surface area (Å²) in [6, 6.07) is 16.3. The second-order valence-electron chi connectivity index (χ2n) is 6.73. The van der Waals surface area contributed by atoms with Crippen molar-refractivity contribution in [2.45, 2.75) is 19.0 Å². The average molecular weight is 349 g/mol. The highest BCUT2D eigenvalue weighted by molar-refractivity contribution is 5.84. The number of rotatable bonds is 5. The predicted molar refractivity (Wildman–Crippen MR) is 105 cm³/mol. The van der Waals surface area contributed by atoms with E-state index >= 15 is 0 Å². The Morgan fingerprint density at radius 1 is 1.19 bits per heavy atom. The third-order valence-corrected chi connectivity index (χ3v) is 4.92. The van der Waals surface area contributed by atoms with Gasteiger partial charge in [-0.2, -0.15) is 0 Å². The van der Waals surface area contributed by atoms with Crippen molar-refractivity contribution >= 4 is 16.5 Å². The Kier molecular flexibility index (Phi) is 4.63. The molecule has 0 bridgehead atoms. The first-order valence-corrected chi connectivity index (χ1v) is 8.96.